The van der Waals surface area contributed by atoms with Crippen molar-refractivity contribution in [2.45, 2.75) is 6.92 Å². The standard InChI is InChI=1S/C12H11BrFN3/c1-7-2-3-8(14)4-11(7)17-12-10(13)5-9(15)6-16-12/h2-6H,15H2,1H3,(H,16,17). The van der Waals surface area contributed by atoms with Crippen molar-refractivity contribution in [2.24, 2.45) is 0 Å². The van der Waals surface area contributed by atoms with E-state index < -0.39 is 0 Å². The molecule has 0 aliphatic carbocycles. The SMILES string of the molecule is Cc1ccc(F)cc1Nc1ncc(N)cc1Br. The fraction of sp³-hybridized carbons (Fsp3) is 0.0833. The number of pyridine rings is 1. The van der Waals surface area contributed by atoms with Crippen LogP contribution in [0.25, 0.3) is 0 Å². The van der Waals surface area contributed by atoms with E-state index in [1.165, 1.54) is 12.1 Å². The number of aryl methyl sites for hydroxylation is 1. The van der Waals surface area contributed by atoms with Gasteiger partial charge in [-0.1, -0.05) is 6.07 Å². The molecule has 88 valence electrons. The van der Waals surface area contributed by atoms with E-state index in [9.17, 15) is 4.39 Å². The number of halogens is 2. The summed E-state index contributed by atoms with van der Waals surface area (Å²) < 4.78 is 13.9. The summed E-state index contributed by atoms with van der Waals surface area (Å²) in [5.74, 6) is 0.317. The molecule has 3 nitrogen and oxygen atoms in total. The van der Waals surface area contributed by atoms with Crippen LogP contribution in [-0.4, -0.2) is 4.98 Å². The van der Waals surface area contributed by atoms with Gasteiger partial charge in [0.1, 0.15) is 11.6 Å². The third-order valence-electron chi connectivity index (χ3n) is 2.32. The zero-order chi connectivity index (χ0) is 12.4. The number of hydrogen-bond donors (Lipinski definition) is 2. The molecule has 2 aromatic rings. The second kappa shape index (κ2) is 4.71. The maximum absolute atomic E-state index is 13.1. The lowest BCUT2D eigenvalue weighted by molar-refractivity contribution is 0.628. The van der Waals surface area contributed by atoms with E-state index in [-0.39, 0.29) is 5.82 Å². The van der Waals surface area contributed by atoms with Crippen LogP contribution in [0.4, 0.5) is 21.6 Å². The molecule has 0 unspecified atom stereocenters. The zero-order valence-corrected chi connectivity index (χ0v) is 10.8. The maximum atomic E-state index is 13.1. The van der Waals surface area contributed by atoms with Crippen molar-refractivity contribution >= 4 is 33.1 Å². The van der Waals surface area contributed by atoms with E-state index in [1.54, 1.807) is 18.3 Å². The van der Waals surface area contributed by atoms with Crippen LogP contribution in [0.15, 0.2) is 34.9 Å². The Hall–Kier alpha value is -1.62. The van der Waals surface area contributed by atoms with Crippen LogP contribution in [0.1, 0.15) is 5.56 Å². The van der Waals surface area contributed by atoms with Crippen LogP contribution in [0.5, 0.6) is 0 Å². The molecule has 0 saturated carbocycles. The number of anilines is 3. The van der Waals surface area contributed by atoms with Gasteiger partial charge < -0.3 is 11.1 Å². The van der Waals surface area contributed by atoms with Crippen molar-refractivity contribution in [1.82, 2.24) is 4.98 Å². The average Bonchev–Trinajstić information content (AvgIpc) is 2.27. The van der Waals surface area contributed by atoms with E-state index in [2.05, 4.69) is 26.2 Å². The van der Waals surface area contributed by atoms with Crippen molar-refractivity contribution in [3.63, 3.8) is 0 Å². The van der Waals surface area contributed by atoms with Crippen molar-refractivity contribution in [2.75, 3.05) is 11.1 Å². The molecule has 0 radical (unpaired) electrons. The average molecular weight is 296 g/mol. The van der Waals surface area contributed by atoms with E-state index in [1.807, 2.05) is 6.92 Å². The molecule has 1 aromatic carbocycles. The smallest absolute Gasteiger partial charge is 0.144 e. The van der Waals surface area contributed by atoms with Crippen molar-refractivity contribution in [3.05, 3.63) is 46.3 Å². The van der Waals surface area contributed by atoms with Gasteiger partial charge in [0, 0.05) is 5.69 Å². The van der Waals surface area contributed by atoms with Crippen molar-refractivity contribution in [3.8, 4) is 0 Å². The Kier molecular flexibility index (Phi) is 3.28. The fourth-order valence-corrected chi connectivity index (χ4v) is 1.87. The quantitative estimate of drug-likeness (QED) is 0.890. The van der Waals surface area contributed by atoms with Gasteiger partial charge in [-0.15, -0.1) is 0 Å². The molecule has 0 bridgehead atoms. The number of benzene rings is 1. The number of nitrogens with one attached hydrogen (secondary N) is 1. The lowest BCUT2D eigenvalue weighted by Crippen LogP contribution is -1.98. The zero-order valence-electron chi connectivity index (χ0n) is 9.17. The lowest BCUT2D eigenvalue weighted by Gasteiger charge is -2.10. The van der Waals surface area contributed by atoms with Crippen LogP contribution in [0.2, 0.25) is 0 Å². The molecule has 5 heteroatoms. The van der Waals surface area contributed by atoms with Crippen LogP contribution in [0, 0.1) is 12.7 Å². The molecule has 0 fully saturated rings. The highest BCUT2D eigenvalue weighted by Gasteiger charge is 2.05. The molecule has 0 spiro atoms. The van der Waals surface area contributed by atoms with Gasteiger partial charge in [0.2, 0.25) is 0 Å². The summed E-state index contributed by atoms with van der Waals surface area (Å²) in [7, 11) is 0. The first-order chi connectivity index (χ1) is 8.06. The van der Waals surface area contributed by atoms with Gasteiger partial charge in [-0.25, -0.2) is 9.37 Å². The predicted molar refractivity (Wildman–Crippen MR) is 70.8 cm³/mol. The topological polar surface area (TPSA) is 50.9 Å². The largest absolute Gasteiger partial charge is 0.397 e. The van der Waals surface area contributed by atoms with E-state index in [0.717, 1.165) is 10.0 Å². The molecule has 1 aromatic heterocycles. The summed E-state index contributed by atoms with van der Waals surface area (Å²) in [5.41, 5.74) is 7.79. The number of nitrogens with two attached hydrogens (primary N) is 1. The van der Waals surface area contributed by atoms with Gasteiger partial charge in [-0.2, -0.15) is 0 Å². The second-order valence-corrected chi connectivity index (χ2v) is 4.54. The van der Waals surface area contributed by atoms with Gasteiger partial charge in [0.05, 0.1) is 16.4 Å². The highest BCUT2D eigenvalue weighted by Crippen LogP contribution is 2.27. The number of hydrogen-bond acceptors (Lipinski definition) is 3. The third-order valence-corrected chi connectivity index (χ3v) is 2.92. The van der Waals surface area contributed by atoms with Gasteiger partial charge in [0.25, 0.3) is 0 Å². The summed E-state index contributed by atoms with van der Waals surface area (Å²) in [6, 6.07) is 6.30. The van der Waals surface area contributed by atoms with E-state index in [4.69, 9.17) is 5.73 Å². The molecule has 0 atom stereocenters. The first-order valence-electron chi connectivity index (χ1n) is 5.00. The van der Waals surface area contributed by atoms with Gasteiger partial charge in [-0.3, -0.25) is 0 Å². The molecule has 17 heavy (non-hydrogen) atoms. The van der Waals surface area contributed by atoms with Gasteiger partial charge >= 0.3 is 0 Å². The van der Waals surface area contributed by atoms with E-state index in [0.29, 0.717) is 17.2 Å². The normalized spacial score (nSPS) is 10.3. The van der Waals surface area contributed by atoms with Crippen LogP contribution in [0.3, 0.4) is 0 Å². The fourth-order valence-electron chi connectivity index (χ4n) is 1.40. The number of nitrogens with zero attached hydrogens (tertiary/aromatic N) is 1. The summed E-state index contributed by atoms with van der Waals surface area (Å²) in [6.07, 6.45) is 1.54. The molecule has 1 heterocycles. The molecular formula is C12H11BrFN3. The minimum absolute atomic E-state index is 0.287. The minimum Gasteiger partial charge on any atom is -0.397 e. The van der Waals surface area contributed by atoms with Crippen molar-refractivity contribution in [1.29, 1.82) is 0 Å². The van der Waals surface area contributed by atoms with Gasteiger partial charge in [-0.05, 0) is 46.6 Å². The highest BCUT2D eigenvalue weighted by atomic mass is 79.9. The molecule has 0 aliphatic heterocycles. The van der Waals surface area contributed by atoms with Crippen LogP contribution in [-0.2, 0) is 0 Å². The number of aromatic nitrogens is 1. The Morgan fingerprint density at radius 1 is 1.35 bits per heavy atom. The van der Waals surface area contributed by atoms with Gasteiger partial charge in [0.15, 0.2) is 0 Å². The molecule has 0 aliphatic rings. The third kappa shape index (κ3) is 2.74. The van der Waals surface area contributed by atoms with Crippen molar-refractivity contribution < 1.29 is 4.39 Å². The first-order valence-corrected chi connectivity index (χ1v) is 5.80. The summed E-state index contributed by atoms with van der Waals surface area (Å²) in [6.45, 7) is 1.90. The monoisotopic (exact) mass is 295 g/mol. The molecular weight excluding hydrogens is 285 g/mol. The highest BCUT2D eigenvalue weighted by molar-refractivity contribution is 9.10. The Morgan fingerprint density at radius 3 is 2.82 bits per heavy atom. The maximum Gasteiger partial charge on any atom is 0.144 e. The van der Waals surface area contributed by atoms with Crippen LogP contribution < -0.4 is 11.1 Å². The Bertz CT molecular complexity index is 557. The Morgan fingerprint density at radius 2 is 2.12 bits per heavy atom. The molecule has 0 saturated heterocycles. The second-order valence-electron chi connectivity index (χ2n) is 3.68. The Balaban J connectivity index is 2.34. The van der Waals surface area contributed by atoms with Crippen LogP contribution >= 0.6 is 15.9 Å². The molecule has 3 N–H and O–H groups in total. The summed E-state index contributed by atoms with van der Waals surface area (Å²) in [4.78, 5) is 4.14. The number of nitrogen functional groups attached to an aromatic ring is 1. The first kappa shape index (κ1) is 11.9. The van der Waals surface area contributed by atoms with E-state index >= 15 is 0 Å². The summed E-state index contributed by atoms with van der Waals surface area (Å²) in [5, 5.41) is 3.05. The summed E-state index contributed by atoms with van der Waals surface area (Å²) >= 11 is 3.35. The molecule has 2 rings (SSSR count). The Labute approximate surface area is 107 Å². The molecule has 0 amide bonds. The predicted octanol–water partition coefficient (Wildman–Crippen LogP) is 3.62. The lowest BCUT2D eigenvalue weighted by atomic mass is 10.2. The minimum atomic E-state index is -0.287. The number of rotatable bonds is 2.